The maximum Gasteiger partial charge on any atom is 0.510 e. The fourth-order valence-corrected chi connectivity index (χ4v) is 5.37. The number of hydrogen-bond donors (Lipinski definition) is 4. The van der Waals surface area contributed by atoms with E-state index < -0.39 is 57.2 Å². The molecular weight excluding hydrogens is 615 g/mol. The second kappa shape index (κ2) is 13.6. The largest absolute Gasteiger partial charge is 0.510 e. The molecule has 1 amide bonds. The number of halogens is 1. The Labute approximate surface area is 251 Å². The molecule has 0 radical (unpaired) electrons. The third-order valence-corrected chi connectivity index (χ3v) is 7.89. The Morgan fingerprint density at radius 1 is 1.26 bits per heavy atom. The van der Waals surface area contributed by atoms with Crippen molar-refractivity contribution in [1.82, 2.24) is 24.4 Å². The quantitative estimate of drug-likeness (QED) is 0.116. The number of aromatic nitrogens is 4. The first-order valence-electron chi connectivity index (χ1n) is 13.4. The van der Waals surface area contributed by atoms with Crippen molar-refractivity contribution in [3.05, 3.63) is 11.6 Å². The first kappa shape index (κ1) is 33.3. The molecule has 2 saturated heterocycles. The minimum Gasteiger partial charge on any atom is -0.434 e. The lowest BCUT2D eigenvalue weighted by atomic mass is 9.99. The second-order valence-corrected chi connectivity index (χ2v) is 13.7. The summed E-state index contributed by atoms with van der Waals surface area (Å²) >= 11 is 6.16. The average molecular weight is 651 g/mol. The minimum absolute atomic E-state index is 0.00834. The number of carbonyl (C=O) groups is 2. The molecule has 0 aromatic carbocycles. The first-order chi connectivity index (χ1) is 20.1. The molecule has 0 spiro atoms. The first-order valence-corrected chi connectivity index (χ1v) is 15.5. The Morgan fingerprint density at radius 2 is 2.00 bits per heavy atom. The third-order valence-electron chi connectivity index (χ3n) is 6.54. The van der Waals surface area contributed by atoms with Crippen molar-refractivity contribution in [2.24, 2.45) is 5.41 Å². The number of aliphatic hydroxyl groups is 2. The standard InChI is InChI=1S/C24H36ClN6O11P/c1-24(2,3)10-39-23(35)40-12-41-43(36,37)9-15(32)30(4)7-14-17(33)18(34)21(42-14)31-11-26-16-19(27-13-5-6-38-8-13)28-22(25)29-20(16)31/h11,13-14,17-18,21,33-34H,5-10,12H2,1-4H3,(H,36,37)(H,27,28,29)/t13-,14+,17+,18+,21+/m0/s1. The van der Waals surface area contributed by atoms with Gasteiger partial charge in [-0.25, -0.2) is 9.78 Å². The molecule has 2 aliphatic heterocycles. The lowest BCUT2D eigenvalue weighted by Crippen LogP contribution is -2.41. The lowest BCUT2D eigenvalue weighted by Gasteiger charge is -2.24. The topological polar surface area (TPSA) is 217 Å². The number of aliphatic hydroxyl groups excluding tert-OH is 2. The molecule has 0 bridgehead atoms. The summed E-state index contributed by atoms with van der Waals surface area (Å²) < 4.78 is 39.2. The molecule has 19 heteroatoms. The highest BCUT2D eigenvalue weighted by Crippen LogP contribution is 2.42. The Kier molecular flexibility index (Phi) is 10.5. The number of amides is 1. The predicted molar refractivity (Wildman–Crippen MR) is 149 cm³/mol. The van der Waals surface area contributed by atoms with Crippen molar-refractivity contribution in [2.45, 2.75) is 57.8 Å². The third kappa shape index (κ3) is 8.73. The van der Waals surface area contributed by atoms with E-state index in [0.717, 1.165) is 11.3 Å². The van der Waals surface area contributed by atoms with Gasteiger partial charge in [-0.05, 0) is 23.4 Å². The zero-order chi connectivity index (χ0) is 31.5. The smallest absolute Gasteiger partial charge is 0.434 e. The lowest BCUT2D eigenvalue weighted by molar-refractivity contribution is -0.130. The Balaban J connectivity index is 1.33. The SMILES string of the molecule is CN(C[C@H]1O[C@@H](n2cnc3c(N[C@H]4CCOC4)nc(Cl)nc32)[C@H](O)[C@@H]1O)C(=O)CP(=O)(O)OCOC(=O)OCC(C)(C)C. The van der Waals surface area contributed by atoms with Gasteiger partial charge < -0.3 is 44.3 Å². The molecule has 2 fully saturated rings. The molecule has 1 unspecified atom stereocenters. The Hall–Kier alpha value is -2.63. The monoisotopic (exact) mass is 650 g/mol. The number of fused-ring (bicyclic) bond motifs is 1. The zero-order valence-electron chi connectivity index (χ0n) is 24.1. The summed E-state index contributed by atoms with van der Waals surface area (Å²) in [5, 5.41) is 24.7. The van der Waals surface area contributed by atoms with Crippen LogP contribution in [-0.2, 0) is 32.8 Å². The van der Waals surface area contributed by atoms with Gasteiger partial charge in [0.1, 0.15) is 24.5 Å². The van der Waals surface area contributed by atoms with Crippen LogP contribution in [0, 0.1) is 5.41 Å². The van der Waals surface area contributed by atoms with Gasteiger partial charge in [-0.2, -0.15) is 9.97 Å². The highest BCUT2D eigenvalue weighted by molar-refractivity contribution is 7.53. The molecule has 4 heterocycles. The summed E-state index contributed by atoms with van der Waals surface area (Å²) in [6, 6.07) is 0.00834. The van der Waals surface area contributed by atoms with Crippen molar-refractivity contribution in [3.8, 4) is 0 Å². The van der Waals surface area contributed by atoms with Crippen LogP contribution >= 0.6 is 19.2 Å². The van der Waals surface area contributed by atoms with E-state index in [1.165, 1.54) is 17.9 Å². The number of nitrogens with one attached hydrogen (secondary N) is 1. The summed E-state index contributed by atoms with van der Waals surface area (Å²) in [5.41, 5.74) is 0.295. The fourth-order valence-electron chi connectivity index (χ4n) is 4.31. The highest BCUT2D eigenvalue weighted by Gasteiger charge is 2.45. The van der Waals surface area contributed by atoms with E-state index >= 15 is 0 Å². The van der Waals surface area contributed by atoms with Crippen LogP contribution in [0.25, 0.3) is 11.2 Å². The molecular formula is C24H36ClN6O11P. The Bertz CT molecular complexity index is 1350. The molecule has 0 saturated carbocycles. The van der Waals surface area contributed by atoms with Gasteiger partial charge >= 0.3 is 13.8 Å². The number of rotatable bonds is 11. The summed E-state index contributed by atoms with van der Waals surface area (Å²) in [4.78, 5) is 48.1. The number of nitrogens with zero attached hydrogens (tertiary/aromatic N) is 5. The summed E-state index contributed by atoms with van der Waals surface area (Å²) in [6.45, 7) is 5.52. The number of hydrogen-bond acceptors (Lipinski definition) is 14. The second-order valence-electron chi connectivity index (χ2n) is 11.5. The molecule has 6 atom stereocenters. The van der Waals surface area contributed by atoms with Crippen LogP contribution in [0.15, 0.2) is 6.33 Å². The summed E-state index contributed by atoms with van der Waals surface area (Å²) in [5.74, 6) is -0.448. The van der Waals surface area contributed by atoms with E-state index in [1.54, 1.807) is 0 Å². The van der Waals surface area contributed by atoms with E-state index in [4.69, 9.17) is 30.3 Å². The summed E-state index contributed by atoms with van der Waals surface area (Å²) in [7, 11) is -3.19. The molecule has 43 heavy (non-hydrogen) atoms. The molecule has 2 aromatic rings. The number of likely N-dealkylation sites (N-methyl/N-ethyl adjacent to an activating group) is 1. The molecule has 0 aliphatic carbocycles. The molecule has 240 valence electrons. The van der Waals surface area contributed by atoms with E-state index in [1.807, 2.05) is 20.8 Å². The number of imidazole rings is 1. The van der Waals surface area contributed by atoms with Crippen molar-refractivity contribution >= 4 is 48.2 Å². The summed E-state index contributed by atoms with van der Waals surface area (Å²) in [6.07, 6.45) is -5.01. The van der Waals surface area contributed by atoms with Crippen molar-refractivity contribution < 1.29 is 52.7 Å². The van der Waals surface area contributed by atoms with Crippen LogP contribution in [0.4, 0.5) is 10.6 Å². The van der Waals surface area contributed by atoms with Crippen molar-refractivity contribution in [2.75, 3.05) is 51.7 Å². The van der Waals surface area contributed by atoms with Gasteiger partial charge in [-0.15, -0.1) is 0 Å². The maximum atomic E-state index is 12.7. The highest BCUT2D eigenvalue weighted by atomic mass is 35.5. The molecule has 2 aromatic heterocycles. The average Bonchev–Trinajstić information content (AvgIpc) is 3.63. The van der Waals surface area contributed by atoms with Gasteiger partial charge in [-0.1, -0.05) is 20.8 Å². The minimum atomic E-state index is -4.51. The predicted octanol–water partition coefficient (Wildman–Crippen LogP) is 1.12. The maximum absolute atomic E-state index is 12.7. The van der Waals surface area contributed by atoms with E-state index in [2.05, 4.69) is 25.0 Å². The van der Waals surface area contributed by atoms with Gasteiger partial charge in [0.2, 0.25) is 18.0 Å². The normalized spacial score (nSPS) is 25.4. The van der Waals surface area contributed by atoms with E-state index in [9.17, 15) is 29.3 Å². The fraction of sp³-hybridized carbons (Fsp3) is 0.708. The number of anilines is 1. The van der Waals surface area contributed by atoms with Crippen LogP contribution in [0.3, 0.4) is 0 Å². The van der Waals surface area contributed by atoms with Crippen LogP contribution in [0.1, 0.15) is 33.4 Å². The molecule has 17 nitrogen and oxygen atoms in total. The van der Waals surface area contributed by atoms with Crippen LogP contribution in [0.5, 0.6) is 0 Å². The van der Waals surface area contributed by atoms with Gasteiger partial charge in [0.05, 0.1) is 25.6 Å². The van der Waals surface area contributed by atoms with Crippen molar-refractivity contribution in [1.29, 1.82) is 0 Å². The van der Waals surface area contributed by atoms with Gasteiger partial charge in [-0.3, -0.25) is 18.5 Å². The van der Waals surface area contributed by atoms with E-state index in [-0.39, 0.29) is 35.5 Å². The van der Waals surface area contributed by atoms with Crippen LogP contribution in [0.2, 0.25) is 5.28 Å². The van der Waals surface area contributed by atoms with Gasteiger partial charge in [0.15, 0.2) is 23.2 Å². The van der Waals surface area contributed by atoms with Gasteiger partial charge in [0.25, 0.3) is 0 Å². The van der Waals surface area contributed by atoms with Crippen LogP contribution in [-0.4, -0.2) is 122 Å². The van der Waals surface area contributed by atoms with E-state index in [0.29, 0.717) is 24.5 Å². The van der Waals surface area contributed by atoms with Gasteiger partial charge in [0, 0.05) is 20.2 Å². The molecule has 4 N–H and O–H groups in total. The zero-order valence-corrected chi connectivity index (χ0v) is 25.7. The Morgan fingerprint density at radius 3 is 2.67 bits per heavy atom. The number of carbonyl (C=O) groups excluding carboxylic acids is 2. The van der Waals surface area contributed by atoms with Crippen LogP contribution < -0.4 is 5.32 Å². The number of ether oxygens (including phenoxy) is 4. The van der Waals surface area contributed by atoms with Crippen molar-refractivity contribution in [3.63, 3.8) is 0 Å². The molecule has 2 aliphatic rings. The molecule has 4 rings (SSSR count).